The molecular formula is C16H18Cl2Ti. The van der Waals surface area contributed by atoms with Crippen molar-refractivity contribution in [3.63, 3.8) is 0 Å². The van der Waals surface area contributed by atoms with Crippen molar-refractivity contribution in [2.24, 2.45) is 0 Å². The number of rotatable bonds is 4. The Morgan fingerprint density at radius 3 is 1.47 bits per heavy atom. The van der Waals surface area contributed by atoms with E-state index in [1.165, 1.54) is 11.1 Å². The Morgan fingerprint density at radius 2 is 1.26 bits per heavy atom. The SMILES string of the molecule is C=CCC1=[C-]CC=C1.C=CCC1=[C-]CC=C1.[Cl-].[Cl-].[Ti+4]. The number of hydrogen-bond donors (Lipinski definition) is 0. The molecule has 0 aromatic heterocycles. The third-order valence-electron chi connectivity index (χ3n) is 2.26. The van der Waals surface area contributed by atoms with Gasteiger partial charge in [0.05, 0.1) is 0 Å². The molecule has 0 nitrogen and oxygen atoms in total. The van der Waals surface area contributed by atoms with E-state index in [4.69, 9.17) is 0 Å². The van der Waals surface area contributed by atoms with Gasteiger partial charge in [-0.05, 0) is 12.8 Å². The minimum atomic E-state index is 0. The molecule has 0 bridgehead atoms. The van der Waals surface area contributed by atoms with Crippen molar-refractivity contribution in [3.05, 3.63) is 72.9 Å². The van der Waals surface area contributed by atoms with Gasteiger partial charge in [-0.1, -0.05) is 12.2 Å². The smallest absolute Gasteiger partial charge is 1.00 e. The summed E-state index contributed by atoms with van der Waals surface area (Å²) in [6.07, 6.45) is 22.5. The fraction of sp³-hybridized carbons (Fsp3) is 0.250. The second-order valence-electron chi connectivity index (χ2n) is 3.60. The third kappa shape index (κ3) is 11.3. The molecule has 0 heterocycles. The molecule has 0 aliphatic heterocycles. The van der Waals surface area contributed by atoms with Crippen molar-refractivity contribution in [1.29, 1.82) is 0 Å². The molecule has 100 valence electrons. The van der Waals surface area contributed by atoms with Crippen LogP contribution in [0.1, 0.15) is 25.7 Å². The predicted octanol–water partition coefficient (Wildman–Crippen LogP) is -1.49. The van der Waals surface area contributed by atoms with Gasteiger partial charge in [-0.3, -0.25) is 12.2 Å². The Labute approximate surface area is 144 Å². The van der Waals surface area contributed by atoms with Crippen LogP contribution in [-0.2, 0) is 21.7 Å². The first kappa shape index (κ1) is 23.8. The summed E-state index contributed by atoms with van der Waals surface area (Å²) >= 11 is 0. The number of halogens is 2. The maximum Gasteiger partial charge on any atom is 4.00 e. The normalized spacial score (nSPS) is 13.7. The van der Waals surface area contributed by atoms with E-state index < -0.39 is 0 Å². The van der Waals surface area contributed by atoms with Crippen molar-refractivity contribution < 1.29 is 46.5 Å². The Hall–Kier alpha value is -0.266. The van der Waals surface area contributed by atoms with Crippen molar-refractivity contribution in [2.75, 3.05) is 0 Å². The van der Waals surface area contributed by atoms with Crippen LogP contribution in [0.5, 0.6) is 0 Å². The summed E-state index contributed by atoms with van der Waals surface area (Å²) < 4.78 is 0. The van der Waals surface area contributed by atoms with E-state index >= 15 is 0 Å². The standard InChI is InChI=1S/2C8H9.2ClH.Ti/c2*1-2-5-8-6-3-4-7-8;;;/h2*2-3,6H,1,4-5H2;2*1H;/q2*-1;;;+4/p-2. The van der Waals surface area contributed by atoms with Crippen LogP contribution in [-0.4, -0.2) is 0 Å². The van der Waals surface area contributed by atoms with Crippen LogP contribution in [0.3, 0.4) is 0 Å². The Kier molecular flexibility index (Phi) is 19.8. The second kappa shape index (κ2) is 15.8. The van der Waals surface area contributed by atoms with Crippen molar-refractivity contribution in [2.45, 2.75) is 25.7 Å². The van der Waals surface area contributed by atoms with Gasteiger partial charge in [0.25, 0.3) is 0 Å². The molecule has 0 aromatic rings. The first-order valence-corrected chi connectivity index (χ1v) is 5.61. The quantitative estimate of drug-likeness (QED) is 0.335. The molecule has 2 rings (SSSR count). The topological polar surface area (TPSA) is 0 Å². The summed E-state index contributed by atoms with van der Waals surface area (Å²) in [6, 6.07) is 0. The Morgan fingerprint density at radius 1 is 0.895 bits per heavy atom. The molecule has 0 saturated heterocycles. The second-order valence-corrected chi connectivity index (χ2v) is 3.60. The van der Waals surface area contributed by atoms with Crippen LogP contribution in [0.2, 0.25) is 0 Å². The average Bonchev–Trinajstić information content (AvgIpc) is 2.92. The molecule has 3 heteroatoms. The fourth-order valence-corrected chi connectivity index (χ4v) is 1.49. The van der Waals surface area contributed by atoms with Gasteiger partial charge < -0.3 is 24.8 Å². The summed E-state index contributed by atoms with van der Waals surface area (Å²) in [5.41, 5.74) is 2.56. The molecule has 0 unspecified atom stereocenters. The van der Waals surface area contributed by atoms with Gasteiger partial charge in [0.1, 0.15) is 0 Å². The minimum Gasteiger partial charge on any atom is -1.00 e. The zero-order valence-corrected chi connectivity index (χ0v) is 14.0. The molecule has 19 heavy (non-hydrogen) atoms. The third-order valence-corrected chi connectivity index (χ3v) is 2.26. The van der Waals surface area contributed by atoms with Gasteiger partial charge >= 0.3 is 21.7 Å². The molecule has 2 aliphatic carbocycles. The fourth-order valence-electron chi connectivity index (χ4n) is 1.49. The van der Waals surface area contributed by atoms with E-state index in [1.807, 2.05) is 12.2 Å². The Balaban J connectivity index is -0.000000233. The monoisotopic (exact) mass is 328 g/mol. The number of hydrogen-bond acceptors (Lipinski definition) is 0. The molecule has 0 fully saturated rings. The van der Waals surface area contributed by atoms with Gasteiger partial charge in [-0.25, -0.2) is 23.3 Å². The van der Waals surface area contributed by atoms with Crippen LogP contribution < -0.4 is 24.8 Å². The summed E-state index contributed by atoms with van der Waals surface area (Å²) in [7, 11) is 0. The zero-order valence-electron chi connectivity index (χ0n) is 11.0. The molecule has 0 atom stereocenters. The van der Waals surface area contributed by atoms with Crippen LogP contribution in [0.25, 0.3) is 0 Å². The minimum absolute atomic E-state index is 0. The van der Waals surface area contributed by atoms with E-state index in [1.54, 1.807) is 0 Å². The first-order valence-electron chi connectivity index (χ1n) is 5.61. The molecule has 0 amide bonds. The van der Waals surface area contributed by atoms with Crippen LogP contribution >= 0.6 is 0 Å². The van der Waals surface area contributed by atoms with Crippen molar-refractivity contribution in [3.8, 4) is 0 Å². The van der Waals surface area contributed by atoms with E-state index in [-0.39, 0.29) is 46.5 Å². The maximum atomic E-state index is 3.63. The van der Waals surface area contributed by atoms with Gasteiger partial charge in [-0.15, -0.1) is 26.0 Å². The number of allylic oxidation sites excluding steroid dienone is 10. The van der Waals surface area contributed by atoms with Gasteiger partial charge in [0.15, 0.2) is 0 Å². The predicted molar refractivity (Wildman–Crippen MR) is 70.7 cm³/mol. The van der Waals surface area contributed by atoms with Crippen molar-refractivity contribution in [1.82, 2.24) is 0 Å². The molecule has 2 aliphatic rings. The summed E-state index contributed by atoms with van der Waals surface area (Å²) in [6.45, 7) is 7.26. The molecule has 0 aromatic carbocycles. The van der Waals surface area contributed by atoms with Gasteiger partial charge in [0, 0.05) is 0 Å². The van der Waals surface area contributed by atoms with E-state index in [0.29, 0.717) is 0 Å². The van der Waals surface area contributed by atoms with Crippen molar-refractivity contribution >= 4 is 0 Å². The maximum absolute atomic E-state index is 3.63. The summed E-state index contributed by atoms with van der Waals surface area (Å²) in [5.74, 6) is 0. The molecular weight excluding hydrogens is 311 g/mol. The summed E-state index contributed by atoms with van der Waals surface area (Å²) in [4.78, 5) is 0. The average molecular weight is 329 g/mol. The van der Waals surface area contributed by atoms with E-state index in [9.17, 15) is 0 Å². The van der Waals surface area contributed by atoms with Gasteiger partial charge in [-0.2, -0.15) is 12.2 Å². The first-order chi connectivity index (χ1) is 7.86. The Bertz CT molecular complexity index is 327. The molecule has 0 spiro atoms. The molecule has 0 radical (unpaired) electrons. The summed E-state index contributed by atoms with van der Waals surface area (Å²) in [5, 5.41) is 0. The van der Waals surface area contributed by atoms with Crippen LogP contribution in [0.15, 0.2) is 60.8 Å². The van der Waals surface area contributed by atoms with Crippen LogP contribution in [0, 0.1) is 12.2 Å². The van der Waals surface area contributed by atoms with Gasteiger partial charge in [0.2, 0.25) is 0 Å². The van der Waals surface area contributed by atoms with E-state index in [2.05, 4.69) is 49.6 Å². The molecule has 0 N–H and O–H groups in total. The van der Waals surface area contributed by atoms with Crippen LogP contribution in [0.4, 0.5) is 0 Å². The zero-order chi connectivity index (χ0) is 11.6. The largest absolute Gasteiger partial charge is 4.00 e. The molecule has 0 saturated carbocycles. The van der Waals surface area contributed by atoms with E-state index in [0.717, 1.165) is 25.7 Å².